The molecule has 1 rings (SSSR count). The molecule has 0 saturated heterocycles. The van der Waals surface area contributed by atoms with Gasteiger partial charge in [-0.05, 0) is 23.8 Å². The Morgan fingerprint density at radius 3 is 1.70 bits per heavy atom. The molecule has 47 heavy (non-hydrogen) atoms. The number of primary amides is 1. The van der Waals surface area contributed by atoms with E-state index in [9.17, 15) is 43.8 Å². The number of nitrogens with two attached hydrogens (primary N) is 1. The molecule has 0 unspecified atom stereocenters. The first-order valence-corrected chi connectivity index (χ1v) is 16.4. The Morgan fingerprint density at radius 1 is 0.681 bits per heavy atom. The van der Waals surface area contributed by atoms with Gasteiger partial charge in [0.15, 0.2) is 11.6 Å². The fourth-order valence-corrected chi connectivity index (χ4v) is 5.23. The van der Waals surface area contributed by atoms with Crippen molar-refractivity contribution in [3.05, 3.63) is 35.9 Å². The highest BCUT2D eigenvalue weighted by atomic mass is 16.4. The molecule has 1 aromatic rings. The highest BCUT2D eigenvalue weighted by Gasteiger charge is 2.35. The number of hydrogen-bond acceptors (Lipinski definition) is 8. The minimum absolute atomic E-state index is 0.141. The molecule has 0 spiro atoms. The largest absolute Gasteiger partial charge is 0.481 e. The molecule has 12 heteroatoms. The number of aliphatic hydroxyl groups is 1. The number of ketones is 3. The first kappa shape index (κ1) is 41.1. The van der Waals surface area contributed by atoms with Gasteiger partial charge < -0.3 is 26.6 Å². The summed E-state index contributed by atoms with van der Waals surface area (Å²) < 4.78 is 0. The van der Waals surface area contributed by atoms with Crippen LogP contribution < -0.4 is 16.4 Å². The zero-order valence-electron chi connectivity index (χ0n) is 28.5. The van der Waals surface area contributed by atoms with Gasteiger partial charge in [-0.15, -0.1) is 0 Å². The average molecular weight is 660 g/mol. The smallest absolute Gasteiger partial charge is 0.305 e. The molecule has 0 aliphatic carbocycles. The van der Waals surface area contributed by atoms with E-state index in [2.05, 4.69) is 10.6 Å². The van der Waals surface area contributed by atoms with Crippen molar-refractivity contribution in [3.63, 3.8) is 0 Å². The maximum absolute atomic E-state index is 13.8. The lowest BCUT2D eigenvalue weighted by atomic mass is 9.83. The number of benzene rings is 1. The third-order valence-electron chi connectivity index (χ3n) is 9.06. The summed E-state index contributed by atoms with van der Waals surface area (Å²) in [7, 11) is 0. The van der Waals surface area contributed by atoms with Gasteiger partial charge in [0.2, 0.25) is 17.7 Å². The number of aliphatic hydroxyl groups excluding tert-OH is 1. The van der Waals surface area contributed by atoms with Gasteiger partial charge in [0.1, 0.15) is 5.78 Å². The van der Waals surface area contributed by atoms with Crippen LogP contribution in [0.15, 0.2) is 30.3 Å². The van der Waals surface area contributed by atoms with Gasteiger partial charge in [-0.2, -0.15) is 0 Å². The number of Topliss-reactive ketones (excluding diaryl/α,β-unsaturated/α-hetero) is 3. The van der Waals surface area contributed by atoms with Crippen molar-refractivity contribution in [1.29, 1.82) is 0 Å². The zero-order chi connectivity index (χ0) is 35.8. The molecular formula is C35H53N3O9. The van der Waals surface area contributed by atoms with Gasteiger partial charge in [0.05, 0.1) is 25.1 Å². The minimum Gasteiger partial charge on any atom is -0.481 e. The molecule has 0 saturated carbocycles. The maximum Gasteiger partial charge on any atom is 0.305 e. The molecule has 1 aromatic carbocycles. The molecule has 0 aromatic heterocycles. The van der Waals surface area contributed by atoms with Crippen LogP contribution in [0, 0.1) is 35.5 Å². The van der Waals surface area contributed by atoms with E-state index in [4.69, 9.17) is 5.73 Å². The Balaban J connectivity index is 3.27. The van der Waals surface area contributed by atoms with E-state index >= 15 is 0 Å². The summed E-state index contributed by atoms with van der Waals surface area (Å²) in [6, 6.07) is 6.54. The number of aliphatic carboxylic acids is 1. The Morgan fingerprint density at radius 2 is 1.19 bits per heavy atom. The number of nitrogens with one attached hydrogen (secondary N) is 2. The summed E-state index contributed by atoms with van der Waals surface area (Å²) in [5.74, 6) is -8.41. The molecule has 6 N–H and O–H groups in total. The molecule has 0 aliphatic heterocycles. The summed E-state index contributed by atoms with van der Waals surface area (Å²) >= 11 is 0. The first-order chi connectivity index (χ1) is 22.1. The Labute approximate surface area is 277 Å². The summed E-state index contributed by atoms with van der Waals surface area (Å²) in [5, 5.41) is 24.0. The molecule has 0 bridgehead atoms. The normalized spacial score (nSPS) is 16.3. The highest BCUT2D eigenvalue weighted by molar-refractivity contribution is 5.97. The van der Waals surface area contributed by atoms with Crippen LogP contribution in [0.25, 0.3) is 0 Å². The van der Waals surface area contributed by atoms with Crippen molar-refractivity contribution in [2.24, 2.45) is 41.2 Å². The fraction of sp³-hybridized carbons (Fsp3) is 0.629. The van der Waals surface area contributed by atoms with E-state index in [1.807, 2.05) is 26.8 Å². The molecule has 3 amide bonds. The second-order valence-corrected chi connectivity index (χ2v) is 12.8. The van der Waals surface area contributed by atoms with Crippen LogP contribution in [0.3, 0.4) is 0 Å². The first-order valence-electron chi connectivity index (χ1n) is 16.4. The van der Waals surface area contributed by atoms with Crippen molar-refractivity contribution >= 4 is 41.0 Å². The summed E-state index contributed by atoms with van der Waals surface area (Å²) in [4.78, 5) is 89.9. The molecular weight excluding hydrogens is 606 g/mol. The number of carboxylic acid groups (broad SMARTS) is 1. The number of carboxylic acids is 1. The predicted octanol–water partition coefficient (Wildman–Crippen LogP) is 2.63. The van der Waals surface area contributed by atoms with Crippen LogP contribution in [0.5, 0.6) is 0 Å². The minimum atomic E-state index is -1.46. The molecule has 8 atom stereocenters. The van der Waals surface area contributed by atoms with Crippen molar-refractivity contribution in [1.82, 2.24) is 10.6 Å². The summed E-state index contributed by atoms with van der Waals surface area (Å²) in [6.45, 7) is 9.91. The van der Waals surface area contributed by atoms with Crippen LogP contribution in [0.4, 0.5) is 0 Å². The van der Waals surface area contributed by atoms with E-state index in [0.29, 0.717) is 12.8 Å². The number of hydrogen-bond donors (Lipinski definition) is 5. The number of carbonyl (C=O) groups excluding carboxylic acids is 6. The van der Waals surface area contributed by atoms with Crippen molar-refractivity contribution in [3.8, 4) is 0 Å². The SMILES string of the molecule is CC[C@H](C)[C@H](CC(=O)[C@H](Cc1ccccc1)NC(=O)[C@@H](CC(=O)[C@H](CC(=O)O)NC(=O)[C@H](C)CC(=O)[C@@H](C)CO)[C@@H](C)CC)C(N)=O. The second-order valence-electron chi connectivity index (χ2n) is 12.8. The third kappa shape index (κ3) is 13.8. The van der Waals surface area contributed by atoms with Gasteiger partial charge in [0, 0.05) is 42.9 Å². The Kier molecular flexibility index (Phi) is 17.8. The van der Waals surface area contributed by atoms with Crippen molar-refractivity contribution in [2.45, 2.75) is 98.6 Å². The maximum atomic E-state index is 13.8. The summed E-state index contributed by atoms with van der Waals surface area (Å²) in [5.41, 5.74) is 6.39. The van der Waals surface area contributed by atoms with E-state index in [0.717, 1.165) is 5.56 Å². The quantitative estimate of drug-likeness (QED) is 0.117. The van der Waals surface area contributed by atoms with E-state index in [1.165, 1.54) is 13.8 Å². The lowest BCUT2D eigenvalue weighted by Gasteiger charge is -2.28. The zero-order valence-corrected chi connectivity index (χ0v) is 28.5. The summed E-state index contributed by atoms with van der Waals surface area (Å²) in [6.07, 6.45) is -0.257. The number of amides is 3. The molecule has 0 heterocycles. The monoisotopic (exact) mass is 659 g/mol. The van der Waals surface area contributed by atoms with Crippen LogP contribution >= 0.6 is 0 Å². The van der Waals surface area contributed by atoms with Gasteiger partial charge >= 0.3 is 5.97 Å². The Hall–Kier alpha value is -3.93. The number of carbonyl (C=O) groups is 7. The standard InChI is InChI=1S/C35H53N3O9/c1-7-20(3)25(33(36)45)16-30(41)27(15-24-12-10-9-11-13-24)38-35(47)26(21(4)8-2)17-31(42)28(18-32(43)44)37-34(46)22(5)14-29(40)23(6)19-39/h9-13,20-23,25-28,39H,7-8,14-19H2,1-6H3,(H2,36,45)(H,37,46)(H,38,47)(H,43,44)/t20-,21-,22+,23-,25-,26-,27-,28-/m0/s1. The Bertz CT molecular complexity index is 1240. The third-order valence-corrected chi connectivity index (χ3v) is 9.06. The lowest BCUT2D eigenvalue weighted by molar-refractivity contribution is -0.141. The predicted molar refractivity (Wildman–Crippen MR) is 176 cm³/mol. The van der Waals surface area contributed by atoms with Gasteiger partial charge in [-0.1, -0.05) is 84.7 Å². The van der Waals surface area contributed by atoms with Crippen LogP contribution in [0.2, 0.25) is 0 Å². The van der Waals surface area contributed by atoms with Crippen molar-refractivity contribution < 1.29 is 43.8 Å². The van der Waals surface area contributed by atoms with Gasteiger partial charge in [-0.3, -0.25) is 33.6 Å². The highest BCUT2D eigenvalue weighted by Crippen LogP contribution is 2.24. The van der Waals surface area contributed by atoms with Crippen LogP contribution in [0.1, 0.15) is 85.6 Å². The van der Waals surface area contributed by atoms with Crippen LogP contribution in [-0.4, -0.2) is 69.9 Å². The van der Waals surface area contributed by atoms with Crippen molar-refractivity contribution in [2.75, 3.05) is 6.61 Å². The van der Waals surface area contributed by atoms with E-state index in [-0.39, 0.29) is 49.3 Å². The van der Waals surface area contributed by atoms with E-state index in [1.54, 1.807) is 31.2 Å². The van der Waals surface area contributed by atoms with Crippen LogP contribution in [-0.2, 0) is 40.0 Å². The number of rotatable bonds is 23. The molecule has 0 radical (unpaired) electrons. The fourth-order valence-electron chi connectivity index (χ4n) is 5.23. The molecule has 0 aliphatic rings. The molecule has 12 nitrogen and oxygen atoms in total. The topological polar surface area (TPSA) is 210 Å². The van der Waals surface area contributed by atoms with E-state index < -0.39 is 78.1 Å². The van der Waals surface area contributed by atoms with Gasteiger partial charge in [-0.25, -0.2) is 0 Å². The average Bonchev–Trinajstić information content (AvgIpc) is 3.03. The second kappa shape index (κ2) is 20.3. The van der Waals surface area contributed by atoms with Gasteiger partial charge in [0.25, 0.3) is 0 Å². The molecule has 0 fully saturated rings. The lowest BCUT2D eigenvalue weighted by Crippen LogP contribution is -2.49. The molecule has 262 valence electrons.